The second-order valence-corrected chi connectivity index (χ2v) is 4.31. The Kier molecular flexibility index (Phi) is 6.69. The number of methoxy groups -OCH3 is 1. The average molecular weight is 228 g/mol. The van der Waals surface area contributed by atoms with E-state index in [0.717, 1.165) is 25.9 Å². The van der Waals surface area contributed by atoms with Gasteiger partial charge in [0, 0.05) is 19.6 Å². The molecule has 1 saturated heterocycles. The number of hydrogen-bond acceptors (Lipinski definition) is 3. The number of hydrogen-bond donors (Lipinski definition) is 0. The van der Waals surface area contributed by atoms with Crippen LogP contribution in [0.3, 0.4) is 0 Å². The van der Waals surface area contributed by atoms with Crippen LogP contribution in [0.4, 0.5) is 0 Å². The number of rotatable bonds is 8. The van der Waals surface area contributed by atoms with Crippen LogP contribution in [0.2, 0.25) is 0 Å². The van der Waals surface area contributed by atoms with E-state index in [9.17, 15) is 0 Å². The van der Waals surface area contributed by atoms with E-state index in [-0.39, 0.29) is 12.4 Å². The average Bonchev–Trinajstić information content (AvgIpc) is 2.68. The second kappa shape index (κ2) is 7.82. The molecule has 1 fully saturated rings. The molecule has 0 aromatic heterocycles. The molecule has 0 amide bonds. The van der Waals surface area contributed by atoms with Gasteiger partial charge in [0.05, 0.1) is 12.7 Å². The lowest BCUT2D eigenvalue weighted by Crippen LogP contribution is -2.19. The summed E-state index contributed by atoms with van der Waals surface area (Å²) >= 11 is 0. The number of allylic oxidation sites excluding steroid dienone is 1. The monoisotopic (exact) mass is 228 g/mol. The lowest BCUT2D eigenvalue weighted by molar-refractivity contribution is -0.141. The van der Waals surface area contributed by atoms with Crippen molar-refractivity contribution in [2.45, 2.75) is 45.0 Å². The molecular formula is C13H24O3. The molecule has 0 aromatic carbocycles. The molecule has 1 heterocycles. The fourth-order valence-electron chi connectivity index (χ4n) is 2.04. The van der Waals surface area contributed by atoms with Crippen molar-refractivity contribution in [3.8, 4) is 0 Å². The summed E-state index contributed by atoms with van der Waals surface area (Å²) in [5.74, 6) is 0.433. The number of unbranched alkanes of at least 4 members (excludes halogenated alkanes) is 1. The molecule has 0 unspecified atom stereocenters. The molecule has 3 atom stereocenters. The minimum absolute atomic E-state index is 0.0854. The van der Waals surface area contributed by atoms with Crippen molar-refractivity contribution in [3.63, 3.8) is 0 Å². The SMILES string of the molecule is C=CC[C@H]1C[C@@H](COCCCC)O[C@@H]1OC. The van der Waals surface area contributed by atoms with Crippen molar-refractivity contribution in [2.75, 3.05) is 20.3 Å². The summed E-state index contributed by atoms with van der Waals surface area (Å²) in [4.78, 5) is 0. The first kappa shape index (κ1) is 13.7. The van der Waals surface area contributed by atoms with E-state index in [1.165, 1.54) is 6.42 Å². The first-order chi connectivity index (χ1) is 7.81. The molecule has 16 heavy (non-hydrogen) atoms. The number of ether oxygens (including phenoxy) is 3. The van der Waals surface area contributed by atoms with E-state index in [0.29, 0.717) is 12.5 Å². The highest BCUT2D eigenvalue weighted by Crippen LogP contribution is 2.30. The Labute approximate surface area is 98.8 Å². The first-order valence-corrected chi connectivity index (χ1v) is 6.18. The molecule has 0 spiro atoms. The highest BCUT2D eigenvalue weighted by Gasteiger charge is 2.34. The highest BCUT2D eigenvalue weighted by atomic mass is 16.7. The maximum atomic E-state index is 5.76. The van der Waals surface area contributed by atoms with E-state index >= 15 is 0 Å². The molecule has 1 aliphatic heterocycles. The van der Waals surface area contributed by atoms with Crippen LogP contribution in [0.25, 0.3) is 0 Å². The van der Waals surface area contributed by atoms with Gasteiger partial charge in [0.2, 0.25) is 0 Å². The predicted octanol–water partition coefficient (Wildman–Crippen LogP) is 2.76. The van der Waals surface area contributed by atoms with Crippen LogP contribution in [-0.2, 0) is 14.2 Å². The summed E-state index contributed by atoms with van der Waals surface area (Å²) in [6, 6.07) is 0. The van der Waals surface area contributed by atoms with Crippen molar-refractivity contribution >= 4 is 0 Å². The van der Waals surface area contributed by atoms with Gasteiger partial charge in [0.1, 0.15) is 0 Å². The normalized spacial score (nSPS) is 29.5. The van der Waals surface area contributed by atoms with Crippen LogP contribution in [0.1, 0.15) is 32.6 Å². The summed E-state index contributed by atoms with van der Waals surface area (Å²) < 4.78 is 16.6. The topological polar surface area (TPSA) is 27.7 Å². The van der Waals surface area contributed by atoms with Crippen molar-refractivity contribution in [3.05, 3.63) is 12.7 Å². The van der Waals surface area contributed by atoms with Gasteiger partial charge in [0.15, 0.2) is 6.29 Å². The van der Waals surface area contributed by atoms with E-state index < -0.39 is 0 Å². The zero-order valence-electron chi connectivity index (χ0n) is 10.5. The Balaban J connectivity index is 2.22. The van der Waals surface area contributed by atoms with E-state index in [1.807, 2.05) is 6.08 Å². The maximum absolute atomic E-state index is 5.76. The van der Waals surface area contributed by atoms with Crippen molar-refractivity contribution in [2.24, 2.45) is 5.92 Å². The van der Waals surface area contributed by atoms with Gasteiger partial charge in [0.25, 0.3) is 0 Å². The van der Waals surface area contributed by atoms with Gasteiger partial charge < -0.3 is 14.2 Å². The highest BCUT2D eigenvalue weighted by molar-refractivity contribution is 4.83. The van der Waals surface area contributed by atoms with Crippen LogP contribution >= 0.6 is 0 Å². The van der Waals surface area contributed by atoms with Crippen LogP contribution in [0.5, 0.6) is 0 Å². The Bertz CT molecular complexity index is 194. The fourth-order valence-corrected chi connectivity index (χ4v) is 2.04. The molecule has 1 aliphatic rings. The van der Waals surface area contributed by atoms with Gasteiger partial charge in [-0.1, -0.05) is 19.4 Å². The molecule has 1 rings (SSSR count). The smallest absolute Gasteiger partial charge is 0.160 e. The zero-order chi connectivity index (χ0) is 11.8. The van der Waals surface area contributed by atoms with E-state index in [4.69, 9.17) is 14.2 Å². The van der Waals surface area contributed by atoms with Gasteiger partial charge in [-0.25, -0.2) is 0 Å². The molecule has 0 aromatic rings. The van der Waals surface area contributed by atoms with E-state index in [2.05, 4.69) is 13.5 Å². The molecule has 0 radical (unpaired) electrons. The van der Waals surface area contributed by atoms with Crippen molar-refractivity contribution < 1.29 is 14.2 Å². The van der Waals surface area contributed by atoms with Crippen LogP contribution < -0.4 is 0 Å². The first-order valence-electron chi connectivity index (χ1n) is 6.18. The third-order valence-corrected chi connectivity index (χ3v) is 2.92. The van der Waals surface area contributed by atoms with Crippen molar-refractivity contribution in [1.29, 1.82) is 0 Å². The summed E-state index contributed by atoms with van der Waals surface area (Å²) in [5.41, 5.74) is 0. The van der Waals surface area contributed by atoms with Gasteiger partial charge in [-0.3, -0.25) is 0 Å². The minimum Gasteiger partial charge on any atom is -0.379 e. The van der Waals surface area contributed by atoms with Crippen LogP contribution in [-0.4, -0.2) is 32.7 Å². The summed E-state index contributed by atoms with van der Waals surface area (Å²) in [6.07, 6.45) is 6.28. The summed E-state index contributed by atoms with van der Waals surface area (Å²) in [5, 5.41) is 0. The standard InChI is InChI=1S/C13H24O3/c1-4-6-8-15-10-12-9-11(7-5-2)13(14-3)16-12/h5,11-13H,2,4,6-10H2,1,3H3/t11-,12-,13-/m0/s1. The van der Waals surface area contributed by atoms with Gasteiger partial charge in [-0.05, 0) is 19.3 Å². The molecular weight excluding hydrogens is 204 g/mol. The quantitative estimate of drug-likeness (QED) is 0.472. The Hall–Kier alpha value is -0.380. The molecule has 3 nitrogen and oxygen atoms in total. The predicted molar refractivity (Wildman–Crippen MR) is 64.3 cm³/mol. The molecule has 0 aliphatic carbocycles. The van der Waals surface area contributed by atoms with E-state index in [1.54, 1.807) is 7.11 Å². The molecule has 0 N–H and O–H groups in total. The molecule has 3 heteroatoms. The minimum atomic E-state index is -0.0854. The maximum Gasteiger partial charge on any atom is 0.160 e. The Morgan fingerprint density at radius 2 is 2.31 bits per heavy atom. The third-order valence-electron chi connectivity index (χ3n) is 2.92. The lowest BCUT2D eigenvalue weighted by Gasteiger charge is -2.14. The van der Waals surface area contributed by atoms with Crippen molar-refractivity contribution in [1.82, 2.24) is 0 Å². The lowest BCUT2D eigenvalue weighted by atomic mass is 10.0. The fraction of sp³-hybridized carbons (Fsp3) is 0.846. The summed E-state index contributed by atoms with van der Waals surface area (Å²) in [7, 11) is 1.70. The van der Waals surface area contributed by atoms with Crippen LogP contribution in [0.15, 0.2) is 12.7 Å². The van der Waals surface area contributed by atoms with Crippen LogP contribution in [0, 0.1) is 5.92 Å². The van der Waals surface area contributed by atoms with Gasteiger partial charge >= 0.3 is 0 Å². The Morgan fingerprint density at radius 1 is 1.50 bits per heavy atom. The van der Waals surface area contributed by atoms with Gasteiger partial charge in [-0.15, -0.1) is 6.58 Å². The zero-order valence-corrected chi connectivity index (χ0v) is 10.5. The van der Waals surface area contributed by atoms with Gasteiger partial charge in [-0.2, -0.15) is 0 Å². The third kappa shape index (κ3) is 4.24. The largest absolute Gasteiger partial charge is 0.379 e. The Morgan fingerprint density at radius 3 is 2.94 bits per heavy atom. The second-order valence-electron chi connectivity index (χ2n) is 4.31. The summed E-state index contributed by atoms with van der Waals surface area (Å²) in [6.45, 7) is 7.45. The molecule has 0 bridgehead atoms. The molecule has 94 valence electrons. The molecule has 0 saturated carbocycles.